The molecule has 0 saturated heterocycles. The Morgan fingerprint density at radius 1 is 0.792 bits per heavy atom. The molecule has 1 aromatic heterocycles. The number of benzene rings is 2. The summed E-state index contributed by atoms with van der Waals surface area (Å²) in [5.41, 5.74) is 11.0. The minimum absolute atomic E-state index is 0.0498. The molecule has 3 aromatic rings. The van der Waals surface area contributed by atoms with Crippen LogP contribution in [0.2, 0.25) is 0 Å². The fourth-order valence-corrected chi connectivity index (χ4v) is 4.10. The van der Waals surface area contributed by atoms with Gasteiger partial charge in [0.25, 0.3) is 0 Å². The van der Waals surface area contributed by atoms with E-state index in [4.69, 9.17) is 0 Å². The normalized spacial score (nSPS) is 14.4. The molecule has 1 aliphatic rings. The molecule has 0 fully saturated rings. The minimum atomic E-state index is 0.0498. The smallest absolute Gasteiger partial charge is 0.201 e. The maximum Gasteiger partial charge on any atom is 0.212 e. The van der Waals surface area contributed by atoms with Crippen LogP contribution >= 0.6 is 0 Å². The zero-order valence-corrected chi connectivity index (χ0v) is 15.1. The fourth-order valence-electron chi connectivity index (χ4n) is 4.10. The van der Waals surface area contributed by atoms with Crippen LogP contribution in [0.15, 0.2) is 54.7 Å². The highest BCUT2D eigenvalue weighted by molar-refractivity contribution is 5.84. The van der Waals surface area contributed by atoms with E-state index in [9.17, 15) is 0 Å². The molecule has 0 amide bonds. The number of aryl methyl sites for hydroxylation is 3. The van der Waals surface area contributed by atoms with Gasteiger partial charge in [-0.25, -0.2) is 4.57 Å². The first-order chi connectivity index (χ1) is 11.4. The van der Waals surface area contributed by atoms with Gasteiger partial charge in [-0.2, -0.15) is 0 Å². The predicted molar refractivity (Wildman–Crippen MR) is 100 cm³/mol. The zero-order chi connectivity index (χ0) is 17.1. The van der Waals surface area contributed by atoms with Crippen LogP contribution in [0.3, 0.4) is 0 Å². The Balaban J connectivity index is 2.01. The topological polar surface area (TPSA) is 3.88 Å². The molecule has 0 saturated carbocycles. The number of rotatable bonds is 1. The molecule has 0 spiro atoms. The lowest BCUT2D eigenvalue weighted by Crippen LogP contribution is -2.30. The van der Waals surface area contributed by atoms with E-state index in [1.807, 2.05) is 0 Å². The lowest BCUT2D eigenvalue weighted by atomic mass is 9.81. The van der Waals surface area contributed by atoms with Crippen LogP contribution in [0.1, 0.15) is 36.1 Å². The van der Waals surface area contributed by atoms with Crippen LogP contribution in [0.4, 0.5) is 0 Å². The third-order valence-electron chi connectivity index (χ3n) is 5.51. The molecule has 120 valence electrons. The van der Waals surface area contributed by atoms with E-state index in [1.54, 1.807) is 0 Å². The first-order valence-electron chi connectivity index (χ1n) is 8.61. The first-order valence-corrected chi connectivity index (χ1v) is 8.61. The lowest BCUT2D eigenvalue weighted by molar-refractivity contribution is -0.660. The Bertz CT molecular complexity index is 964. The highest BCUT2D eigenvalue weighted by atomic mass is 14.9. The van der Waals surface area contributed by atoms with Crippen molar-refractivity contribution in [2.45, 2.75) is 33.1 Å². The summed E-state index contributed by atoms with van der Waals surface area (Å²) in [7, 11) is 2.12. The van der Waals surface area contributed by atoms with Gasteiger partial charge >= 0.3 is 0 Å². The lowest BCUT2D eigenvalue weighted by Gasteiger charge is -2.22. The summed E-state index contributed by atoms with van der Waals surface area (Å²) in [5, 5.41) is 0. The molecule has 4 rings (SSSR count). The van der Waals surface area contributed by atoms with Crippen molar-refractivity contribution in [3.63, 3.8) is 0 Å². The SMILES string of the molecule is Cc1ccc2c(c1)-c1cc(C)c(-c3cccc[n+]3C)cc1C2(C)C. The number of aromatic nitrogens is 1. The average molecular weight is 314 g/mol. The molecule has 1 heterocycles. The largest absolute Gasteiger partial charge is 0.212 e. The molecule has 0 N–H and O–H groups in total. The second-order valence-electron chi connectivity index (χ2n) is 7.58. The molecule has 24 heavy (non-hydrogen) atoms. The van der Waals surface area contributed by atoms with Gasteiger partial charge in [0.15, 0.2) is 6.20 Å². The van der Waals surface area contributed by atoms with E-state index in [0.29, 0.717) is 0 Å². The molecule has 0 unspecified atom stereocenters. The molecule has 0 atom stereocenters. The molecule has 1 aliphatic carbocycles. The third-order valence-corrected chi connectivity index (χ3v) is 5.51. The number of nitrogens with zero attached hydrogens (tertiary/aromatic N) is 1. The van der Waals surface area contributed by atoms with E-state index in [1.165, 1.54) is 44.6 Å². The predicted octanol–water partition coefficient (Wildman–Crippen LogP) is 5.10. The summed E-state index contributed by atoms with van der Waals surface area (Å²) < 4.78 is 2.20. The summed E-state index contributed by atoms with van der Waals surface area (Å²) in [4.78, 5) is 0. The Hall–Kier alpha value is -2.41. The molecular formula is C23H24N+. The third kappa shape index (κ3) is 2.04. The number of pyridine rings is 1. The summed E-state index contributed by atoms with van der Waals surface area (Å²) in [5.74, 6) is 0. The van der Waals surface area contributed by atoms with Gasteiger partial charge in [-0.15, -0.1) is 0 Å². The Kier molecular flexibility index (Phi) is 3.18. The van der Waals surface area contributed by atoms with Crippen molar-refractivity contribution in [1.29, 1.82) is 0 Å². The van der Waals surface area contributed by atoms with Crippen molar-refractivity contribution in [2.24, 2.45) is 7.05 Å². The van der Waals surface area contributed by atoms with Crippen molar-refractivity contribution in [3.8, 4) is 22.4 Å². The van der Waals surface area contributed by atoms with Gasteiger partial charge < -0.3 is 0 Å². The Morgan fingerprint density at radius 2 is 1.54 bits per heavy atom. The van der Waals surface area contributed by atoms with Gasteiger partial charge in [0.1, 0.15) is 7.05 Å². The van der Waals surface area contributed by atoms with Crippen LogP contribution < -0.4 is 4.57 Å². The second-order valence-corrected chi connectivity index (χ2v) is 7.58. The number of hydrogen-bond donors (Lipinski definition) is 0. The maximum absolute atomic E-state index is 2.41. The molecule has 1 heteroatoms. The van der Waals surface area contributed by atoms with Gasteiger partial charge in [-0.05, 0) is 53.8 Å². The van der Waals surface area contributed by atoms with E-state index in [2.05, 4.69) is 94.0 Å². The standard InChI is InChI=1S/C23H24N/c1-15-9-10-20-18(12-15)19-13-16(2)17(14-21(19)23(20,3)4)22-8-6-7-11-24(22)5/h6-14H,1-5H3/q+1. The average Bonchev–Trinajstić information content (AvgIpc) is 2.74. The highest BCUT2D eigenvalue weighted by Crippen LogP contribution is 2.50. The first kappa shape index (κ1) is 15.1. The van der Waals surface area contributed by atoms with Crippen molar-refractivity contribution >= 4 is 0 Å². The zero-order valence-electron chi connectivity index (χ0n) is 15.1. The number of fused-ring (bicyclic) bond motifs is 3. The molecule has 0 radical (unpaired) electrons. The van der Waals surface area contributed by atoms with Crippen molar-refractivity contribution in [1.82, 2.24) is 0 Å². The monoisotopic (exact) mass is 314 g/mol. The Morgan fingerprint density at radius 3 is 2.29 bits per heavy atom. The van der Waals surface area contributed by atoms with Crippen molar-refractivity contribution in [2.75, 3.05) is 0 Å². The second kappa shape index (κ2) is 5.04. The minimum Gasteiger partial charge on any atom is -0.201 e. The summed E-state index contributed by atoms with van der Waals surface area (Å²) in [6, 6.07) is 18.1. The van der Waals surface area contributed by atoms with Crippen LogP contribution in [0.25, 0.3) is 22.4 Å². The molecule has 0 aliphatic heterocycles. The van der Waals surface area contributed by atoms with Crippen LogP contribution in [-0.4, -0.2) is 0 Å². The molecular weight excluding hydrogens is 290 g/mol. The van der Waals surface area contributed by atoms with E-state index < -0.39 is 0 Å². The van der Waals surface area contributed by atoms with Crippen LogP contribution in [-0.2, 0) is 12.5 Å². The van der Waals surface area contributed by atoms with E-state index in [0.717, 1.165) is 0 Å². The van der Waals surface area contributed by atoms with E-state index in [-0.39, 0.29) is 5.41 Å². The van der Waals surface area contributed by atoms with Crippen LogP contribution in [0, 0.1) is 13.8 Å². The molecule has 0 bridgehead atoms. The van der Waals surface area contributed by atoms with Gasteiger partial charge in [0.05, 0.1) is 0 Å². The van der Waals surface area contributed by atoms with Crippen molar-refractivity contribution < 1.29 is 4.57 Å². The molecule has 1 nitrogen and oxygen atoms in total. The quantitative estimate of drug-likeness (QED) is 0.550. The molecule has 2 aromatic carbocycles. The number of hydrogen-bond acceptors (Lipinski definition) is 0. The van der Waals surface area contributed by atoms with Crippen molar-refractivity contribution in [3.05, 3.63) is 77.0 Å². The Labute approximate surface area is 144 Å². The summed E-state index contributed by atoms with van der Waals surface area (Å²) in [6.07, 6.45) is 2.12. The highest BCUT2D eigenvalue weighted by Gasteiger charge is 2.36. The van der Waals surface area contributed by atoms with E-state index >= 15 is 0 Å². The summed E-state index contributed by atoms with van der Waals surface area (Å²) in [6.45, 7) is 9.09. The maximum atomic E-state index is 2.41. The van der Waals surface area contributed by atoms with Gasteiger partial charge in [0.2, 0.25) is 5.69 Å². The van der Waals surface area contributed by atoms with Gasteiger partial charge in [0, 0.05) is 23.1 Å². The van der Waals surface area contributed by atoms with Gasteiger partial charge in [-0.1, -0.05) is 43.7 Å². The fraction of sp³-hybridized carbons (Fsp3) is 0.261. The summed E-state index contributed by atoms with van der Waals surface area (Å²) >= 11 is 0. The van der Waals surface area contributed by atoms with Gasteiger partial charge in [-0.3, -0.25) is 0 Å². The van der Waals surface area contributed by atoms with Crippen LogP contribution in [0.5, 0.6) is 0 Å².